The molecule has 0 aromatic heterocycles. The lowest BCUT2D eigenvalue weighted by Crippen LogP contribution is -2.23. The second-order valence-electron chi connectivity index (χ2n) is 3.20. The van der Waals surface area contributed by atoms with E-state index >= 15 is 0 Å². The van der Waals surface area contributed by atoms with Crippen LogP contribution in [0.4, 0.5) is 0 Å². The van der Waals surface area contributed by atoms with E-state index in [1.807, 2.05) is 0 Å². The molecule has 0 aliphatic carbocycles. The molecule has 0 aromatic rings. The molecule has 1 aliphatic heterocycles. The lowest BCUT2D eigenvalue weighted by Gasteiger charge is -2.02. The van der Waals surface area contributed by atoms with E-state index in [9.17, 15) is 16.8 Å². The third kappa shape index (κ3) is 5.39. The van der Waals surface area contributed by atoms with Crippen molar-refractivity contribution in [2.24, 2.45) is 10.9 Å². The first-order valence-electron chi connectivity index (χ1n) is 4.29. The summed E-state index contributed by atoms with van der Waals surface area (Å²) in [7, 11) is -10.6. The van der Waals surface area contributed by atoms with Crippen LogP contribution in [-0.2, 0) is 18.3 Å². The molecule has 96 valence electrons. The molecular formula is C6H14N2O6S2. The molecule has 0 saturated carbocycles. The summed E-state index contributed by atoms with van der Waals surface area (Å²) in [5.74, 6) is 1.75. The van der Waals surface area contributed by atoms with Gasteiger partial charge in [0.05, 0.1) is 12.4 Å². The maximum atomic E-state index is 9.37. The van der Waals surface area contributed by atoms with Crippen LogP contribution in [0.3, 0.4) is 0 Å². The van der Waals surface area contributed by atoms with Gasteiger partial charge in [-0.3, -0.25) is 14.1 Å². The third-order valence-corrected chi connectivity index (χ3v) is 3.64. The minimum atomic E-state index is -5.31. The topological polar surface area (TPSA) is 133 Å². The molecule has 0 unspecified atom stereocenters. The number of hydrogen-bond donors (Lipinski definition) is 3. The number of amidine groups is 1. The SMILES string of the molecule is CC(C)C1=NCCN1.O=S(=O)(O)S(=O)(=O)O. The van der Waals surface area contributed by atoms with Gasteiger partial charge in [0.1, 0.15) is 0 Å². The summed E-state index contributed by atoms with van der Waals surface area (Å²) >= 11 is 0. The maximum absolute atomic E-state index is 9.37. The van der Waals surface area contributed by atoms with Crippen molar-refractivity contribution in [3.05, 3.63) is 0 Å². The Bertz CT molecular complexity index is 419. The Morgan fingerprint density at radius 3 is 1.75 bits per heavy atom. The van der Waals surface area contributed by atoms with Crippen molar-refractivity contribution in [2.75, 3.05) is 13.1 Å². The fourth-order valence-electron chi connectivity index (χ4n) is 0.803. The van der Waals surface area contributed by atoms with Crippen molar-refractivity contribution in [2.45, 2.75) is 13.8 Å². The Morgan fingerprint density at radius 2 is 1.62 bits per heavy atom. The van der Waals surface area contributed by atoms with Crippen molar-refractivity contribution in [1.82, 2.24) is 5.32 Å². The molecule has 0 amide bonds. The van der Waals surface area contributed by atoms with E-state index in [1.54, 1.807) is 0 Å². The number of aliphatic imine (C=N–C) groups is 1. The van der Waals surface area contributed by atoms with Gasteiger partial charge in [0.2, 0.25) is 0 Å². The van der Waals surface area contributed by atoms with Crippen LogP contribution in [0.5, 0.6) is 0 Å². The predicted molar refractivity (Wildman–Crippen MR) is 58.2 cm³/mol. The van der Waals surface area contributed by atoms with Crippen molar-refractivity contribution in [3.8, 4) is 0 Å². The van der Waals surface area contributed by atoms with Gasteiger partial charge < -0.3 is 5.32 Å². The molecule has 1 heterocycles. The predicted octanol–water partition coefficient (Wildman–Crippen LogP) is -0.679. The monoisotopic (exact) mass is 274 g/mol. The highest BCUT2D eigenvalue weighted by atomic mass is 33.2. The molecule has 16 heavy (non-hydrogen) atoms. The maximum Gasteiger partial charge on any atom is 0.397 e. The molecule has 0 saturated heterocycles. The van der Waals surface area contributed by atoms with Crippen LogP contribution in [0, 0.1) is 5.92 Å². The van der Waals surface area contributed by atoms with Gasteiger partial charge in [-0.1, -0.05) is 13.8 Å². The average Bonchev–Trinajstić information content (AvgIpc) is 2.51. The van der Waals surface area contributed by atoms with Gasteiger partial charge in [-0.15, -0.1) is 0 Å². The van der Waals surface area contributed by atoms with Crippen LogP contribution in [0.1, 0.15) is 13.8 Å². The van der Waals surface area contributed by atoms with E-state index in [0.29, 0.717) is 5.92 Å². The lowest BCUT2D eigenvalue weighted by molar-refractivity contribution is 0.460. The molecular weight excluding hydrogens is 260 g/mol. The first-order chi connectivity index (χ1) is 7.05. The van der Waals surface area contributed by atoms with Gasteiger partial charge in [-0.05, 0) is 0 Å². The van der Waals surface area contributed by atoms with Gasteiger partial charge in [0, 0.05) is 12.5 Å². The molecule has 1 rings (SSSR count). The second kappa shape index (κ2) is 5.57. The molecule has 3 N–H and O–H groups in total. The number of hydrogen-bond acceptors (Lipinski definition) is 6. The molecule has 0 bridgehead atoms. The molecule has 0 atom stereocenters. The zero-order chi connectivity index (χ0) is 13.0. The molecule has 0 aromatic carbocycles. The van der Waals surface area contributed by atoms with Crippen LogP contribution >= 0.6 is 0 Å². The highest BCUT2D eigenvalue weighted by molar-refractivity contribution is 8.62. The van der Waals surface area contributed by atoms with Gasteiger partial charge in [0.15, 0.2) is 0 Å². The number of rotatable bonds is 2. The standard InChI is InChI=1S/C6H12N2.H2O6S2/c1-5(2)6-7-3-4-8-6;1-7(2,3)8(4,5)6/h5H,3-4H2,1-2H3,(H,7,8);(H,1,2,3)(H,4,5,6). The van der Waals surface area contributed by atoms with Crippen LogP contribution in [0.25, 0.3) is 0 Å². The quantitative estimate of drug-likeness (QED) is 0.448. The summed E-state index contributed by atoms with van der Waals surface area (Å²) in [6, 6.07) is 0. The summed E-state index contributed by atoms with van der Waals surface area (Å²) < 4.78 is 52.5. The fourth-order valence-corrected chi connectivity index (χ4v) is 0.803. The normalized spacial score (nSPS) is 16.2. The number of nitrogens with one attached hydrogen (secondary N) is 1. The minimum Gasteiger partial charge on any atom is -0.372 e. The molecule has 1 aliphatic rings. The number of nitrogens with zero attached hydrogens (tertiary/aromatic N) is 1. The van der Waals surface area contributed by atoms with E-state index in [1.165, 1.54) is 5.84 Å². The highest BCUT2D eigenvalue weighted by Gasteiger charge is 2.22. The Morgan fingerprint density at radius 1 is 1.19 bits per heavy atom. The summed E-state index contributed by atoms with van der Waals surface area (Å²) in [5.41, 5.74) is 0. The molecule has 0 radical (unpaired) electrons. The first kappa shape index (κ1) is 15.3. The molecule has 0 spiro atoms. The molecule has 0 fully saturated rings. The Kier molecular flexibility index (Phi) is 5.32. The van der Waals surface area contributed by atoms with Crippen molar-refractivity contribution >= 4 is 24.1 Å². The van der Waals surface area contributed by atoms with Crippen LogP contribution in [0.15, 0.2) is 4.99 Å². The van der Waals surface area contributed by atoms with E-state index < -0.39 is 18.3 Å². The zero-order valence-electron chi connectivity index (χ0n) is 8.78. The lowest BCUT2D eigenvalue weighted by atomic mass is 10.2. The Labute approximate surface area is 93.7 Å². The van der Waals surface area contributed by atoms with Crippen molar-refractivity contribution < 1.29 is 25.9 Å². The van der Waals surface area contributed by atoms with Gasteiger partial charge in [0.25, 0.3) is 0 Å². The summed E-state index contributed by atoms with van der Waals surface area (Å²) in [5, 5.41) is 3.21. The van der Waals surface area contributed by atoms with E-state index in [4.69, 9.17) is 9.11 Å². The van der Waals surface area contributed by atoms with Crippen LogP contribution < -0.4 is 5.32 Å². The van der Waals surface area contributed by atoms with Gasteiger partial charge >= 0.3 is 18.3 Å². The first-order valence-corrected chi connectivity index (χ1v) is 7.68. The average molecular weight is 274 g/mol. The van der Waals surface area contributed by atoms with E-state index in [2.05, 4.69) is 24.2 Å². The largest absolute Gasteiger partial charge is 0.397 e. The Balaban J connectivity index is 0.000000281. The smallest absolute Gasteiger partial charge is 0.372 e. The van der Waals surface area contributed by atoms with Crippen molar-refractivity contribution in [3.63, 3.8) is 0 Å². The summed E-state index contributed by atoms with van der Waals surface area (Å²) in [6.45, 7) is 6.30. The van der Waals surface area contributed by atoms with Gasteiger partial charge in [-0.25, -0.2) is 0 Å². The minimum absolute atomic E-state index is 0.581. The van der Waals surface area contributed by atoms with Crippen molar-refractivity contribution in [1.29, 1.82) is 0 Å². The zero-order valence-corrected chi connectivity index (χ0v) is 10.4. The van der Waals surface area contributed by atoms with Crippen LogP contribution in [-0.4, -0.2) is 44.9 Å². The third-order valence-electron chi connectivity index (χ3n) is 1.51. The summed E-state index contributed by atoms with van der Waals surface area (Å²) in [6.07, 6.45) is 0. The Hall–Kier alpha value is -0.710. The van der Waals surface area contributed by atoms with Crippen LogP contribution in [0.2, 0.25) is 0 Å². The second-order valence-corrected chi connectivity index (χ2v) is 7.44. The summed E-state index contributed by atoms with van der Waals surface area (Å²) in [4.78, 5) is 4.24. The van der Waals surface area contributed by atoms with E-state index in [0.717, 1.165) is 13.1 Å². The fraction of sp³-hybridized carbons (Fsp3) is 0.833. The highest BCUT2D eigenvalue weighted by Crippen LogP contribution is 1.97. The van der Waals surface area contributed by atoms with Gasteiger partial charge in [-0.2, -0.15) is 16.8 Å². The molecule has 8 nitrogen and oxygen atoms in total. The van der Waals surface area contributed by atoms with E-state index in [-0.39, 0.29) is 0 Å². The molecule has 10 heteroatoms.